The number of nitrogens with zero attached hydrogens (tertiary/aromatic N) is 3. The predicted molar refractivity (Wildman–Crippen MR) is 117 cm³/mol. The van der Waals surface area contributed by atoms with E-state index in [1.54, 1.807) is 31.0 Å². The molecule has 0 atom stereocenters. The first-order valence-electron chi connectivity index (χ1n) is 9.97. The van der Waals surface area contributed by atoms with E-state index in [4.69, 9.17) is 9.47 Å². The molecule has 164 valence electrons. The Morgan fingerprint density at radius 2 is 1.87 bits per heavy atom. The zero-order valence-electron chi connectivity index (χ0n) is 17.5. The molecule has 1 amide bonds. The van der Waals surface area contributed by atoms with Gasteiger partial charge >= 0.3 is 0 Å². The van der Waals surface area contributed by atoms with Gasteiger partial charge in [-0.3, -0.25) is 4.79 Å². The number of thioether (sulfide) groups is 1. The number of hydrogen-bond donors (Lipinski definition) is 1. The Labute approximate surface area is 185 Å². The summed E-state index contributed by atoms with van der Waals surface area (Å²) in [5.41, 5.74) is 0.0331. The number of rotatable bonds is 11. The number of aromatic nitrogens is 3. The molecule has 0 radical (unpaired) electrons. The van der Waals surface area contributed by atoms with Crippen molar-refractivity contribution < 1.29 is 18.7 Å². The average Bonchev–Trinajstić information content (AvgIpc) is 3.18. The molecule has 0 spiro atoms. The number of amides is 1. The lowest BCUT2D eigenvalue weighted by molar-refractivity contribution is 0.0950. The van der Waals surface area contributed by atoms with Crippen LogP contribution in [-0.4, -0.2) is 46.7 Å². The molecule has 0 bridgehead atoms. The van der Waals surface area contributed by atoms with Crippen molar-refractivity contribution in [1.29, 1.82) is 0 Å². The van der Waals surface area contributed by atoms with Gasteiger partial charge in [0.15, 0.2) is 16.7 Å². The molecule has 1 N–H and O–H groups in total. The summed E-state index contributed by atoms with van der Waals surface area (Å²) in [5, 5.41) is 12.0. The minimum Gasteiger partial charge on any atom is -0.493 e. The maximum Gasteiger partial charge on any atom is 0.254 e. The van der Waals surface area contributed by atoms with Gasteiger partial charge in [-0.25, -0.2) is 4.39 Å². The first-order valence-corrected chi connectivity index (χ1v) is 11.0. The lowest BCUT2D eigenvalue weighted by Crippen LogP contribution is -2.27. The first kappa shape index (κ1) is 22.6. The Morgan fingerprint density at radius 3 is 2.61 bits per heavy atom. The summed E-state index contributed by atoms with van der Waals surface area (Å²) in [6.07, 6.45) is 0.499. The predicted octanol–water partition coefficient (Wildman–Crippen LogP) is 3.59. The fraction of sp³-hybridized carbons (Fsp3) is 0.318. The van der Waals surface area contributed by atoms with Gasteiger partial charge in [0, 0.05) is 25.3 Å². The van der Waals surface area contributed by atoms with E-state index in [1.807, 2.05) is 35.8 Å². The molecular formula is C22H25FN4O3S. The molecule has 7 nitrogen and oxygen atoms in total. The maximum absolute atomic E-state index is 13.7. The van der Waals surface area contributed by atoms with Crippen LogP contribution in [0.1, 0.15) is 23.1 Å². The van der Waals surface area contributed by atoms with E-state index in [1.165, 1.54) is 12.1 Å². The zero-order valence-corrected chi connectivity index (χ0v) is 18.3. The van der Waals surface area contributed by atoms with Gasteiger partial charge in [-0.05, 0) is 31.2 Å². The van der Waals surface area contributed by atoms with Crippen molar-refractivity contribution in [3.63, 3.8) is 0 Å². The summed E-state index contributed by atoms with van der Waals surface area (Å²) in [7, 11) is 1.61. The standard InChI is InChI=1S/C22H25FN4O3S/c1-3-27-20(12-13-24-21(28)16-8-4-5-9-17(16)23)25-26-22(27)31-15-14-30-19-11-7-6-10-18(19)29-2/h4-11H,3,12-15H2,1-2H3,(H,24,28). The number of methoxy groups -OCH3 is 1. The summed E-state index contributed by atoms with van der Waals surface area (Å²) >= 11 is 1.55. The second-order valence-corrected chi connectivity index (χ2v) is 7.54. The molecule has 2 aromatic carbocycles. The first-order chi connectivity index (χ1) is 15.1. The lowest BCUT2D eigenvalue weighted by Gasteiger charge is -2.10. The zero-order chi connectivity index (χ0) is 22.1. The molecule has 31 heavy (non-hydrogen) atoms. The van der Waals surface area contributed by atoms with Crippen LogP contribution in [-0.2, 0) is 13.0 Å². The third-order valence-corrected chi connectivity index (χ3v) is 5.43. The van der Waals surface area contributed by atoms with Gasteiger partial charge < -0.3 is 19.4 Å². The van der Waals surface area contributed by atoms with Crippen molar-refractivity contribution in [3.05, 3.63) is 65.7 Å². The molecule has 3 rings (SSSR count). The average molecular weight is 445 g/mol. The van der Waals surface area contributed by atoms with E-state index in [2.05, 4.69) is 15.5 Å². The second kappa shape index (κ2) is 11.4. The normalized spacial score (nSPS) is 10.7. The van der Waals surface area contributed by atoms with E-state index in [0.29, 0.717) is 43.4 Å². The van der Waals surface area contributed by atoms with Crippen LogP contribution in [0.5, 0.6) is 11.5 Å². The number of halogens is 1. The molecule has 1 aromatic heterocycles. The largest absolute Gasteiger partial charge is 0.493 e. The summed E-state index contributed by atoms with van der Waals surface area (Å²) in [6, 6.07) is 13.4. The molecule has 0 aliphatic rings. The fourth-order valence-electron chi connectivity index (χ4n) is 2.98. The van der Waals surface area contributed by atoms with Gasteiger partial charge in [-0.2, -0.15) is 0 Å². The van der Waals surface area contributed by atoms with Gasteiger partial charge in [0.1, 0.15) is 11.6 Å². The van der Waals surface area contributed by atoms with Gasteiger partial charge in [0.05, 0.1) is 19.3 Å². The van der Waals surface area contributed by atoms with Crippen LogP contribution in [0.2, 0.25) is 0 Å². The van der Waals surface area contributed by atoms with Crippen LogP contribution in [0.15, 0.2) is 53.7 Å². The highest BCUT2D eigenvalue weighted by Crippen LogP contribution is 2.26. The van der Waals surface area contributed by atoms with E-state index < -0.39 is 11.7 Å². The topological polar surface area (TPSA) is 78.3 Å². The maximum atomic E-state index is 13.7. The van der Waals surface area contributed by atoms with Crippen LogP contribution in [0.4, 0.5) is 4.39 Å². The number of carbonyl (C=O) groups is 1. The summed E-state index contributed by atoms with van der Waals surface area (Å²) < 4.78 is 26.8. The van der Waals surface area contributed by atoms with Gasteiger partial charge in [-0.15, -0.1) is 10.2 Å². The highest BCUT2D eigenvalue weighted by Gasteiger charge is 2.14. The Balaban J connectivity index is 1.48. The Hall–Kier alpha value is -3.07. The van der Waals surface area contributed by atoms with Crippen molar-refractivity contribution in [2.24, 2.45) is 0 Å². The third-order valence-electron chi connectivity index (χ3n) is 4.50. The molecule has 0 saturated heterocycles. The number of para-hydroxylation sites is 2. The molecule has 0 aliphatic carbocycles. The number of hydrogen-bond acceptors (Lipinski definition) is 6. The van der Waals surface area contributed by atoms with Crippen LogP contribution in [0, 0.1) is 5.82 Å². The number of ether oxygens (including phenoxy) is 2. The summed E-state index contributed by atoms with van der Waals surface area (Å²) in [6.45, 7) is 3.56. The Kier molecular flexibility index (Phi) is 8.28. The number of benzene rings is 2. The highest BCUT2D eigenvalue weighted by molar-refractivity contribution is 7.99. The molecule has 0 unspecified atom stereocenters. The van der Waals surface area contributed by atoms with E-state index in [-0.39, 0.29) is 5.56 Å². The quantitative estimate of drug-likeness (QED) is 0.360. The van der Waals surface area contributed by atoms with E-state index >= 15 is 0 Å². The minimum atomic E-state index is -0.536. The number of nitrogens with one attached hydrogen (secondary N) is 1. The van der Waals surface area contributed by atoms with Crippen LogP contribution in [0.25, 0.3) is 0 Å². The Bertz CT molecular complexity index is 1010. The van der Waals surface area contributed by atoms with Crippen LogP contribution < -0.4 is 14.8 Å². The minimum absolute atomic E-state index is 0.0331. The van der Waals surface area contributed by atoms with Crippen molar-refractivity contribution in [2.75, 3.05) is 26.0 Å². The molecule has 0 aliphatic heterocycles. The molecule has 1 heterocycles. The van der Waals surface area contributed by atoms with Gasteiger partial charge in [-0.1, -0.05) is 36.0 Å². The van der Waals surface area contributed by atoms with Gasteiger partial charge in [0.2, 0.25) is 0 Å². The van der Waals surface area contributed by atoms with E-state index in [0.717, 1.165) is 11.0 Å². The second-order valence-electron chi connectivity index (χ2n) is 6.48. The molecule has 3 aromatic rings. The Morgan fingerprint density at radius 1 is 1.13 bits per heavy atom. The molecule has 0 saturated carbocycles. The number of carbonyl (C=O) groups excluding carboxylic acids is 1. The van der Waals surface area contributed by atoms with Crippen LogP contribution in [0.3, 0.4) is 0 Å². The monoisotopic (exact) mass is 444 g/mol. The summed E-state index contributed by atoms with van der Waals surface area (Å²) in [4.78, 5) is 12.1. The van der Waals surface area contributed by atoms with Crippen molar-refractivity contribution in [1.82, 2.24) is 20.1 Å². The fourth-order valence-corrected chi connectivity index (χ4v) is 3.82. The van der Waals surface area contributed by atoms with Crippen molar-refractivity contribution >= 4 is 17.7 Å². The SMILES string of the molecule is CCn1c(CCNC(=O)c2ccccc2F)nnc1SCCOc1ccccc1OC. The molecule has 0 fully saturated rings. The van der Waals surface area contributed by atoms with E-state index in [9.17, 15) is 9.18 Å². The smallest absolute Gasteiger partial charge is 0.254 e. The summed E-state index contributed by atoms with van der Waals surface area (Å²) in [5.74, 6) is 1.89. The lowest BCUT2D eigenvalue weighted by atomic mass is 10.2. The molecule has 9 heteroatoms. The molecular weight excluding hydrogens is 419 g/mol. The van der Waals surface area contributed by atoms with Crippen molar-refractivity contribution in [2.45, 2.75) is 25.0 Å². The van der Waals surface area contributed by atoms with Crippen LogP contribution >= 0.6 is 11.8 Å². The third kappa shape index (κ3) is 5.97. The van der Waals surface area contributed by atoms with Gasteiger partial charge in [0.25, 0.3) is 5.91 Å². The van der Waals surface area contributed by atoms with Crippen molar-refractivity contribution in [3.8, 4) is 11.5 Å². The highest BCUT2D eigenvalue weighted by atomic mass is 32.2.